The van der Waals surface area contributed by atoms with Crippen LogP contribution in [0.2, 0.25) is 0 Å². The fourth-order valence-electron chi connectivity index (χ4n) is 4.03. The standard InChI is InChI=1S/C18H34N2O3/c1-13(12-21)19-15-9-6-5-8-14(15)16-10-7-11-20(16)17(22)23-18(2,3)4/h13-16,19,21H,5-12H2,1-4H3. The lowest BCUT2D eigenvalue weighted by Crippen LogP contribution is -2.52. The van der Waals surface area contributed by atoms with E-state index in [1.807, 2.05) is 32.6 Å². The second kappa shape index (κ2) is 7.84. The molecule has 1 saturated heterocycles. The normalized spacial score (nSPS) is 30.3. The number of amides is 1. The van der Waals surface area contributed by atoms with E-state index in [0.717, 1.165) is 32.2 Å². The van der Waals surface area contributed by atoms with E-state index in [2.05, 4.69) is 5.32 Å². The number of hydrogen-bond acceptors (Lipinski definition) is 4. The van der Waals surface area contributed by atoms with E-state index in [0.29, 0.717) is 12.0 Å². The number of ether oxygens (including phenoxy) is 1. The van der Waals surface area contributed by atoms with Crippen molar-refractivity contribution in [2.75, 3.05) is 13.2 Å². The van der Waals surface area contributed by atoms with Crippen LogP contribution < -0.4 is 5.32 Å². The van der Waals surface area contributed by atoms with Gasteiger partial charge in [0.05, 0.1) is 6.61 Å². The van der Waals surface area contributed by atoms with Crippen LogP contribution >= 0.6 is 0 Å². The fraction of sp³-hybridized carbons (Fsp3) is 0.944. The number of carbonyl (C=O) groups excluding carboxylic acids is 1. The molecule has 1 saturated carbocycles. The van der Waals surface area contributed by atoms with Crippen LogP contribution in [0, 0.1) is 5.92 Å². The SMILES string of the molecule is CC(CO)NC1CCCCC1C1CCCN1C(=O)OC(C)(C)C. The van der Waals surface area contributed by atoms with Crippen molar-refractivity contribution < 1.29 is 14.6 Å². The second-order valence-electron chi connectivity index (χ2n) is 8.19. The Kier molecular flexibility index (Phi) is 6.32. The van der Waals surface area contributed by atoms with Gasteiger partial charge in [-0.3, -0.25) is 0 Å². The van der Waals surface area contributed by atoms with E-state index in [1.165, 1.54) is 12.8 Å². The van der Waals surface area contributed by atoms with Crippen LogP contribution in [0.5, 0.6) is 0 Å². The molecule has 2 N–H and O–H groups in total. The molecule has 0 aromatic carbocycles. The van der Waals surface area contributed by atoms with Gasteiger partial charge in [0.1, 0.15) is 5.60 Å². The van der Waals surface area contributed by atoms with Crippen molar-refractivity contribution in [2.45, 2.75) is 89.9 Å². The molecule has 0 bridgehead atoms. The van der Waals surface area contributed by atoms with Gasteiger partial charge in [-0.1, -0.05) is 12.8 Å². The first-order chi connectivity index (χ1) is 10.8. The van der Waals surface area contributed by atoms with Crippen LogP contribution in [0.4, 0.5) is 4.79 Å². The van der Waals surface area contributed by atoms with Gasteiger partial charge in [-0.2, -0.15) is 0 Å². The molecular formula is C18H34N2O3. The lowest BCUT2D eigenvalue weighted by molar-refractivity contribution is 0.0127. The van der Waals surface area contributed by atoms with Gasteiger partial charge in [0.25, 0.3) is 0 Å². The minimum Gasteiger partial charge on any atom is -0.444 e. The first-order valence-corrected chi connectivity index (χ1v) is 9.18. The Morgan fingerprint density at radius 2 is 1.96 bits per heavy atom. The molecule has 0 radical (unpaired) electrons. The Hall–Kier alpha value is -0.810. The second-order valence-corrected chi connectivity index (χ2v) is 8.19. The largest absolute Gasteiger partial charge is 0.444 e. The third kappa shape index (κ3) is 5.08. The molecule has 4 atom stereocenters. The molecular weight excluding hydrogens is 292 g/mol. The Labute approximate surface area is 140 Å². The molecule has 1 heterocycles. The third-order valence-corrected chi connectivity index (χ3v) is 5.01. The average molecular weight is 326 g/mol. The molecule has 5 nitrogen and oxygen atoms in total. The Morgan fingerprint density at radius 3 is 2.61 bits per heavy atom. The van der Waals surface area contributed by atoms with Crippen molar-refractivity contribution in [2.24, 2.45) is 5.92 Å². The maximum absolute atomic E-state index is 12.5. The molecule has 23 heavy (non-hydrogen) atoms. The number of rotatable bonds is 4. The zero-order valence-electron chi connectivity index (χ0n) is 15.2. The number of carbonyl (C=O) groups is 1. The van der Waals surface area contributed by atoms with Gasteiger partial charge in [-0.15, -0.1) is 0 Å². The maximum atomic E-state index is 12.5. The summed E-state index contributed by atoms with van der Waals surface area (Å²) in [6.45, 7) is 8.74. The molecule has 1 aliphatic heterocycles. The molecule has 0 aromatic heterocycles. The lowest BCUT2D eigenvalue weighted by atomic mass is 9.78. The quantitative estimate of drug-likeness (QED) is 0.834. The van der Waals surface area contributed by atoms with Gasteiger partial charge in [0, 0.05) is 24.7 Å². The highest BCUT2D eigenvalue weighted by Gasteiger charge is 2.41. The molecule has 0 aromatic rings. The van der Waals surface area contributed by atoms with E-state index in [9.17, 15) is 9.90 Å². The predicted octanol–water partition coefficient (Wildman–Crippen LogP) is 2.92. The highest BCUT2D eigenvalue weighted by Crippen LogP contribution is 2.35. The molecule has 134 valence electrons. The Morgan fingerprint density at radius 1 is 1.26 bits per heavy atom. The van der Waals surface area contributed by atoms with E-state index < -0.39 is 5.60 Å². The van der Waals surface area contributed by atoms with E-state index in [1.54, 1.807) is 0 Å². The van der Waals surface area contributed by atoms with Gasteiger partial charge in [0.2, 0.25) is 0 Å². The lowest BCUT2D eigenvalue weighted by Gasteiger charge is -2.41. The molecule has 0 spiro atoms. The number of nitrogens with zero attached hydrogens (tertiary/aromatic N) is 1. The molecule has 4 unspecified atom stereocenters. The van der Waals surface area contributed by atoms with Gasteiger partial charge in [0.15, 0.2) is 0 Å². The number of likely N-dealkylation sites (tertiary alicyclic amines) is 1. The summed E-state index contributed by atoms with van der Waals surface area (Å²) >= 11 is 0. The Balaban J connectivity index is 2.05. The summed E-state index contributed by atoms with van der Waals surface area (Å²) in [5.41, 5.74) is -0.445. The number of hydrogen-bond donors (Lipinski definition) is 2. The van der Waals surface area contributed by atoms with Crippen LogP contribution in [0.3, 0.4) is 0 Å². The van der Waals surface area contributed by atoms with Crippen molar-refractivity contribution in [3.63, 3.8) is 0 Å². The minimum atomic E-state index is -0.445. The fourth-order valence-corrected chi connectivity index (χ4v) is 4.03. The average Bonchev–Trinajstić information content (AvgIpc) is 2.95. The van der Waals surface area contributed by atoms with Crippen molar-refractivity contribution in [1.82, 2.24) is 10.2 Å². The van der Waals surface area contributed by atoms with Crippen LogP contribution in [-0.2, 0) is 4.74 Å². The topological polar surface area (TPSA) is 61.8 Å². The van der Waals surface area contributed by atoms with Gasteiger partial charge < -0.3 is 20.1 Å². The summed E-state index contributed by atoms with van der Waals surface area (Å²) in [6.07, 6.45) is 6.70. The summed E-state index contributed by atoms with van der Waals surface area (Å²) in [7, 11) is 0. The molecule has 2 aliphatic rings. The van der Waals surface area contributed by atoms with Gasteiger partial charge >= 0.3 is 6.09 Å². The summed E-state index contributed by atoms with van der Waals surface area (Å²) < 4.78 is 5.61. The summed E-state index contributed by atoms with van der Waals surface area (Å²) in [4.78, 5) is 14.5. The van der Waals surface area contributed by atoms with Crippen molar-refractivity contribution >= 4 is 6.09 Å². The number of aliphatic hydroxyl groups is 1. The number of nitrogens with one attached hydrogen (secondary N) is 1. The molecule has 2 rings (SSSR count). The summed E-state index contributed by atoms with van der Waals surface area (Å²) in [6, 6.07) is 0.768. The predicted molar refractivity (Wildman–Crippen MR) is 91.4 cm³/mol. The Bertz CT molecular complexity index is 394. The minimum absolute atomic E-state index is 0.108. The van der Waals surface area contributed by atoms with Crippen LogP contribution in [0.15, 0.2) is 0 Å². The van der Waals surface area contributed by atoms with Crippen LogP contribution in [0.1, 0.15) is 66.2 Å². The van der Waals surface area contributed by atoms with Crippen LogP contribution in [-0.4, -0.2) is 53.0 Å². The highest BCUT2D eigenvalue weighted by molar-refractivity contribution is 5.69. The molecule has 5 heteroatoms. The third-order valence-electron chi connectivity index (χ3n) is 5.01. The first-order valence-electron chi connectivity index (χ1n) is 9.18. The molecule has 1 amide bonds. The van der Waals surface area contributed by atoms with Crippen molar-refractivity contribution in [3.05, 3.63) is 0 Å². The monoisotopic (exact) mass is 326 g/mol. The maximum Gasteiger partial charge on any atom is 0.410 e. The number of aliphatic hydroxyl groups excluding tert-OH is 1. The zero-order valence-corrected chi connectivity index (χ0v) is 15.2. The van der Waals surface area contributed by atoms with Gasteiger partial charge in [-0.25, -0.2) is 4.79 Å². The van der Waals surface area contributed by atoms with Crippen molar-refractivity contribution in [3.8, 4) is 0 Å². The summed E-state index contributed by atoms with van der Waals surface area (Å²) in [5.74, 6) is 0.466. The van der Waals surface area contributed by atoms with Gasteiger partial charge in [-0.05, 0) is 59.3 Å². The van der Waals surface area contributed by atoms with E-state index >= 15 is 0 Å². The smallest absolute Gasteiger partial charge is 0.410 e. The summed E-state index contributed by atoms with van der Waals surface area (Å²) in [5, 5.41) is 12.9. The van der Waals surface area contributed by atoms with E-state index in [-0.39, 0.29) is 24.8 Å². The molecule has 2 fully saturated rings. The first kappa shape index (κ1) is 18.5. The van der Waals surface area contributed by atoms with E-state index in [4.69, 9.17) is 4.74 Å². The zero-order chi connectivity index (χ0) is 17.0. The van der Waals surface area contributed by atoms with Crippen LogP contribution in [0.25, 0.3) is 0 Å². The molecule has 1 aliphatic carbocycles. The highest BCUT2D eigenvalue weighted by atomic mass is 16.6. The van der Waals surface area contributed by atoms with Crippen molar-refractivity contribution in [1.29, 1.82) is 0 Å².